The third kappa shape index (κ3) is 7.20. The molecule has 348 valence electrons. The van der Waals surface area contributed by atoms with Crippen molar-refractivity contribution >= 4 is 105 Å². The summed E-state index contributed by atoms with van der Waals surface area (Å²) < 4.78 is 18.7. The van der Waals surface area contributed by atoms with Crippen LogP contribution in [0.4, 0.5) is 20.6 Å². The molecule has 72 heavy (non-hydrogen) atoms. The minimum atomic E-state index is -0.501. The minimum absolute atomic E-state index is 0.188. The van der Waals surface area contributed by atoms with Gasteiger partial charge in [-0.05, 0) is 134 Å². The summed E-state index contributed by atoms with van der Waals surface area (Å²) in [6, 6.07) is 42.2. The highest BCUT2D eigenvalue weighted by Crippen LogP contribution is 2.36. The number of para-hydroxylation sites is 2. The Morgan fingerprint density at radius 1 is 0.569 bits per heavy atom. The molecule has 1 saturated carbocycles. The number of hydrogen-bond donors (Lipinski definition) is 7. The molecule has 6 aromatic heterocycles. The molecule has 0 spiro atoms. The number of anilines is 2. The molecular weight excluding hydrogens is 978 g/mol. The lowest BCUT2D eigenvalue weighted by molar-refractivity contribution is 0.102. The van der Waals surface area contributed by atoms with Crippen molar-refractivity contribution in [2.24, 2.45) is 0 Å². The Labute approximate surface area is 413 Å². The van der Waals surface area contributed by atoms with Crippen LogP contribution >= 0.6 is 15.9 Å². The molecule has 1 aliphatic carbocycles. The fourth-order valence-electron chi connectivity index (χ4n) is 9.26. The standard InChI is InChI=1S/C53H35BrFN15O2/c54-27-8-15-37-34(21-27)46(66-65-37)49-61-40-16-13-32(24-42(40)63-49)70-45-19-12-31(58-53(72)57-29-9-10-29)23-36(45)48(68-70)51-62-41-17-14-33(25-43(41)64-51)69-44-18-11-30(56-52(71)26-4-3-5-28(55)20-26)22-35(44)47(67-69)50-59-38-6-1-2-7-39(38)60-50/h1-8,11-25,29H,9-10H2,(H,56,71)(H,59,60)(H,61,63)(H,62,64)(H,65,66)(H2,57,58,72). The molecule has 0 atom stereocenters. The Kier molecular flexibility index (Phi) is 9.24. The fourth-order valence-corrected chi connectivity index (χ4v) is 9.62. The first-order chi connectivity index (χ1) is 35.2. The number of H-pyrrole nitrogens is 4. The summed E-state index contributed by atoms with van der Waals surface area (Å²) in [6.07, 6.45) is 1.93. The molecule has 7 N–H and O–H groups in total. The van der Waals surface area contributed by atoms with E-state index in [2.05, 4.69) is 57.0 Å². The molecule has 13 aromatic rings. The van der Waals surface area contributed by atoms with Crippen molar-refractivity contribution in [2.75, 3.05) is 10.6 Å². The molecule has 7 aromatic carbocycles. The number of carbonyl (C=O) groups is 2. The van der Waals surface area contributed by atoms with Gasteiger partial charge in [-0.1, -0.05) is 34.1 Å². The minimum Gasteiger partial charge on any atom is -0.337 e. The maximum Gasteiger partial charge on any atom is 0.319 e. The summed E-state index contributed by atoms with van der Waals surface area (Å²) in [5.41, 5.74) is 11.6. The number of benzene rings is 7. The number of imidazole rings is 3. The number of halogens is 2. The summed E-state index contributed by atoms with van der Waals surface area (Å²) in [5, 5.41) is 29.3. The molecule has 0 aliphatic heterocycles. The summed E-state index contributed by atoms with van der Waals surface area (Å²) in [7, 11) is 0. The topological polar surface area (TPSA) is 221 Å². The van der Waals surface area contributed by atoms with Crippen LogP contribution in [-0.2, 0) is 0 Å². The summed E-state index contributed by atoms with van der Waals surface area (Å²) in [4.78, 5) is 51.5. The number of nitrogens with one attached hydrogen (secondary N) is 7. The van der Waals surface area contributed by atoms with Gasteiger partial charge in [-0.2, -0.15) is 15.3 Å². The first-order valence-corrected chi connectivity index (χ1v) is 23.8. The SMILES string of the molecule is O=C(Nc1ccc2c(c1)c(-c1nc3cc(-n4nc(-c5nc6ccccc6[nH]5)c5cc(NC(=O)c6cccc(F)c6)ccc54)ccc3[nH]1)nn2-c1ccc2[nH]c(-c3n[nH]c4ccc(Br)cc34)nc2c1)NC1CC1. The van der Waals surface area contributed by atoms with E-state index in [1.54, 1.807) is 12.1 Å². The Morgan fingerprint density at radius 3 is 1.81 bits per heavy atom. The van der Waals surface area contributed by atoms with Crippen molar-refractivity contribution in [3.63, 3.8) is 0 Å². The predicted octanol–water partition coefficient (Wildman–Crippen LogP) is 11.3. The summed E-state index contributed by atoms with van der Waals surface area (Å²) >= 11 is 3.58. The van der Waals surface area contributed by atoms with Gasteiger partial charge < -0.3 is 30.9 Å². The van der Waals surface area contributed by atoms with Crippen LogP contribution < -0.4 is 16.0 Å². The zero-order valence-electron chi connectivity index (χ0n) is 37.4. The molecule has 6 heterocycles. The van der Waals surface area contributed by atoms with Crippen molar-refractivity contribution in [3.05, 3.63) is 155 Å². The van der Waals surface area contributed by atoms with Gasteiger partial charge in [-0.3, -0.25) is 9.89 Å². The molecule has 1 aliphatic rings. The number of aromatic amines is 4. The maximum atomic E-state index is 14.1. The lowest BCUT2D eigenvalue weighted by atomic mass is 10.1. The third-order valence-corrected chi connectivity index (χ3v) is 13.4. The first-order valence-electron chi connectivity index (χ1n) is 23.0. The monoisotopic (exact) mass is 1010 g/mol. The van der Waals surface area contributed by atoms with E-state index in [4.69, 9.17) is 25.1 Å². The van der Waals surface area contributed by atoms with Crippen LogP contribution in [0.1, 0.15) is 23.2 Å². The first kappa shape index (κ1) is 41.5. The van der Waals surface area contributed by atoms with Crippen molar-refractivity contribution in [1.82, 2.24) is 65.0 Å². The summed E-state index contributed by atoms with van der Waals surface area (Å²) in [5.74, 6) is 0.738. The second-order valence-corrected chi connectivity index (χ2v) is 18.7. The molecule has 1 fully saturated rings. The number of urea groups is 1. The van der Waals surface area contributed by atoms with Gasteiger partial charge in [0.05, 0.1) is 61.0 Å². The van der Waals surface area contributed by atoms with Crippen LogP contribution in [0.15, 0.2) is 144 Å². The van der Waals surface area contributed by atoms with Crippen LogP contribution in [0, 0.1) is 5.82 Å². The molecule has 0 bridgehead atoms. The molecule has 0 radical (unpaired) electrons. The molecule has 19 heteroatoms. The van der Waals surface area contributed by atoms with Gasteiger partial charge in [-0.25, -0.2) is 33.5 Å². The highest BCUT2D eigenvalue weighted by atomic mass is 79.9. The number of rotatable bonds is 9. The average molecular weight is 1010 g/mol. The number of hydrogen-bond acceptors (Lipinski definition) is 8. The molecular formula is C53H35BrFN15O2. The van der Waals surface area contributed by atoms with E-state index < -0.39 is 11.7 Å². The molecule has 3 amide bonds. The lowest BCUT2D eigenvalue weighted by Gasteiger charge is -2.07. The third-order valence-electron chi connectivity index (χ3n) is 12.9. The van der Waals surface area contributed by atoms with Gasteiger partial charge in [0.2, 0.25) is 0 Å². The zero-order chi connectivity index (χ0) is 48.2. The Balaban J connectivity index is 0.859. The maximum absolute atomic E-state index is 14.1. The average Bonchev–Trinajstić information content (AvgIpc) is 3.99. The van der Waals surface area contributed by atoms with Gasteiger partial charge in [0.1, 0.15) is 22.9 Å². The van der Waals surface area contributed by atoms with Crippen LogP contribution in [0.5, 0.6) is 0 Å². The van der Waals surface area contributed by atoms with Crippen LogP contribution in [0.2, 0.25) is 0 Å². The van der Waals surface area contributed by atoms with E-state index in [1.807, 2.05) is 119 Å². The number of fused-ring (bicyclic) bond motifs is 6. The van der Waals surface area contributed by atoms with Crippen molar-refractivity contribution in [1.29, 1.82) is 0 Å². The van der Waals surface area contributed by atoms with Gasteiger partial charge in [0.15, 0.2) is 17.5 Å². The Morgan fingerprint density at radius 2 is 1.17 bits per heavy atom. The molecule has 14 rings (SSSR count). The largest absolute Gasteiger partial charge is 0.337 e. The zero-order valence-corrected chi connectivity index (χ0v) is 39.0. The Hall–Kier alpha value is -9.49. The van der Waals surface area contributed by atoms with E-state index >= 15 is 0 Å². The normalized spacial score (nSPS) is 12.8. The van der Waals surface area contributed by atoms with Crippen LogP contribution in [0.25, 0.3) is 112 Å². The van der Waals surface area contributed by atoms with Crippen molar-refractivity contribution < 1.29 is 14.0 Å². The van der Waals surface area contributed by atoms with Gasteiger partial charge in [-0.15, -0.1) is 0 Å². The highest BCUT2D eigenvalue weighted by Gasteiger charge is 2.25. The second-order valence-electron chi connectivity index (χ2n) is 17.8. The van der Waals surface area contributed by atoms with Crippen LogP contribution in [-0.4, -0.2) is 77.6 Å². The molecule has 0 unspecified atom stereocenters. The fraction of sp³-hybridized carbons (Fsp3) is 0.0566. The quantitative estimate of drug-likeness (QED) is 0.0735. The van der Waals surface area contributed by atoms with E-state index in [0.29, 0.717) is 56.8 Å². The predicted molar refractivity (Wildman–Crippen MR) is 278 cm³/mol. The van der Waals surface area contributed by atoms with Crippen LogP contribution in [0.3, 0.4) is 0 Å². The summed E-state index contributed by atoms with van der Waals surface area (Å²) in [6.45, 7) is 0. The van der Waals surface area contributed by atoms with E-state index in [-0.39, 0.29) is 17.6 Å². The van der Waals surface area contributed by atoms with E-state index in [0.717, 1.165) is 83.6 Å². The van der Waals surface area contributed by atoms with Gasteiger partial charge in [0.25, 0.3) is 5.91 Å². The molecule has 17 nitrogen and oxygen atoms in total. The Bertz CT molecular complexity index is 4350. The van der Waals surface area contributed by atoms with Crippen molar-refractivity contribution in [2.45, 2.75) is 18.9 Å². The van der Waals surface area contributed by atoms with Gasteiger partial charge in [0, 0.05) is 43.6 Å². The van der Waals surface area contributed by atoms with Crippen molar-refractivity contribution in [3.8, 4) is 45.9 Å². The number of carbonyl (C=O) groups excluding carboxylic acids is 2. The lowest BCUT2D eigenvalue weighted by Crippen LogP contribution is -2.30. The number of nitrogens with zero attached hydrogens (tertiary/aromatic N) is 8. The van der Waals surface area contributed by atoms with Gasteiger partial charge >= 0.3 is 6.03 Å². The second kappa shape index (κ2) is 16.0. The van der Waals surface area contributed by atoms with E-state index in [1.165, 1.54) is 18.2 Å². The highest BCUT2D eigenvalue weighted by molar-refractivity contribution is 9.10. The number of amides is 3. The smallest absolute Gasteiger partial charge is 0.319 e. The molecule has 0 saturated heterocycles. The number of aromatic nitrogens is 12. The van der Waals surface area contributed by atoms with E-state index in [9.17, 15) is 14.0 Å².